The average Bonchev–Trinajstić information content (AvgIpc) is 3.35. The molecule has 0 spiro atoms. The fourth-order valence-electron chi connectivity index (χ4n) is 7.55. The number of allylic oxidation sites excluding steroid dienone is 18. The molecule has 0 aliphatic heterocycles. The number of unbranched alkanes of at least 4 members (excludes halogenated alkanes) is 20. The van der Waals surface area contributed by atoms with Gasteiger partial charge >= 0.3 is 19.8 Å². The molecule has 0 rings (SSSR count). The Bertz CT molecular complexity index is 1600. The van der Waals surface area contributed by atoms with E-state index in [9.17, 15) is 19.0 Å². The molecule has 0 aliphatic rings. The molecule has 0 heterocycles. The maximum Gasteiger partial charge on any atom is 0.472 e. The number of rotatable bonds is 52. The van der Waals surface area contributed by atoms with Crippen molar-refractivity contribution >= 4 is 19.8 Å². The van der Waals surface area contributed by atoms with Crippen LogP contribution in [0.1, 0.15) is 226 Å². The molecule has 0 aliphatic carbocycles. The highest BCUT2D eigenvalue weighted by atomic mass is 31.2. The molecule has 0 aromatic carbocycles. The number of carbonyl (C=O) groups excluding carboxylic acids is 2. The van der Waals surface area contributed by atoms with Gasteiger partial charge in [0.2, 0.25) is 0 Å². The molecule has 2 unspecified atom stereocenters. The van der Waals surface area contributed by atoms with Gasteiger partial charge in [-0.25, -0.2) is 4.57 Å². The van der Waals surface area contributed by atoms with Crippen LogP contribution >= 0.6 is 7.82 Å². The van der Waals surface area contributed by atoms with Crippen LogP contribution in [0.15, 0.2) is 109 Å². The van der Waals surface area contributed by atoms with Crippen LogP contribution in [0.3, 0.4) is 0 Å². The van der Waals surface area contributed by atoms with Crippen LogP contribution in [0.25, 0.3) is 0 Å². The third-order valence-corrected chi connectivity index (χ3v) is 13.0. The molecular weight excluding hydrogens is 930 g/mol. The average molecular weight is 1040 g/mol. The Balaban J connectivity index is 4.16. The largest absolute Gasteiger partial charge is 0.472 e. The number of hydrogen-bond acceptors (Lipinski definition) is 7. The number of phosphoric ester groups is 1. The van der Waals surface area contributed by atoms with Crippen LogP contribution in [0.2, 0.25) is 0 Å². The van der Waals surface area contributed by atoms with Gasteiger partial charge in [0.15, 0.2) is 6.10 Å². The first kappa shape index (κ1) is 69.7. The zero-order chi connectivity index (χ0) is 53.5. The van der Waals surface area contributed by atoms with Gasteiger partial charge in [0.25, 0.3) is 0 Å². The quantitative estimate of drug-likeness (QED) is 0.0211. The van der Waals surface area contributed by atoms with Gasteiger partial charge in [0.05, 0.1) is 27.7 Å². The van der Waals surface area contributed by atoms with E-state index in [0.29, 0.717) is 17.4 Å². The lowest BCUT2D eigenvalue weighted by atomic mass is 10.0. The van der Waals surface area contributed by atoms with E-state index in [4.69, 9.17) is 18.5 Å². The van der Waals surface area contributed by atoms with Gasteiger partial charge in [-0.05, 0) is 103 Å². The van der Waals surface area contributed by atoms with Crippen molar-refractivity contribution in [1.29, 1.82) is 0 Å². The zero-order valence-corrected chi connectivity index (χ0v) is 48.2. The number of hydrogen-bond donors (Lipinski definition) is 1. The Labute approximate surface area is 448 Å². The van der Waals surface area contributed by atoms with Gasteiger partial charge in [-0.15, -0.1) is 0 Å². The summed E-state index contributed by atoms with van der Waals surface area (Å²) in [5.74, 6) is -0.821. The standard InChI is InChI=1S/C63H108NO8P/c1-6-8-10-12-14-16-18-20-22-24-25-26-27-28-29-30-31-32-33-34-35-36-37-38-39-40-42-44-46-48-50-52-54-56-63(66)72-61(60-71-73(67,68)70-58-57-64(3,4)5)59-69-62(65)55-53-51-49-47-45-43-41-23-21-19-17-15-13-11-9-7-2/h8,10,14,16-17,19-20,22-23,25-26,28-29,31-32,34-35,41,61H,6-7,9,11-13,15,18,21,24,27,30,33,36-40,42-60H2,1-5H3/p+1/b10-8-,16-14-,19-17-,22-20-,26-25-,29-28-,32-31-,35-34-,41-23-. The summed E-state index contributed by atoms with van der Waals surface area (Å²) in [7, 11) is 1.46. The van der Waals surface area contributed by atoms with Crippen LogP contribution in [-0.4, -0.2) is 74.9 Å². The summed E-state index contributed by atoms with van der Waals surface area (Å²) in [6.45, 7) is 4.27. The normalized spacial score (nSPS) is 14.1. The number of esters is 2. The Kier molecular flexibility index (Phi) is 51.1. The number of likely N-dealkylation sites (N-methyl/N-ethyl adjacent to an activating group) is 1. The van der Waals surface area contributed by atoms with Crippen molar-refractivity contribution in [2.45, 2.75) is 232 Å². The highest BCUT2D eigenvalue weighted by Gasteiger charge is 2.27. The van der Waals surface area contributed by atoms with Crippen molar-refractivity contribution in [1.82, 2.24) is 0 Å². The molecule has 9 nitrogen and oxygen atoms in total. The maximum absolute atomic E-state index is 12.8. The fraction of sp³-hybridized carbons (Fsp3) is 0.683. The van der Waals surface area contributed by atoms with E-state index in [-0.39, 0.29) is 32.0 Å². The predicted molar refractivity (Wildman–Crippen MR) is 311 cm³/mol. The fourth-order valence-corrected chi connectivity index (χ4v) is 8.30. The zero-order valence-electron chi connectivity index (χ0n) is 47.3. The molecule has 73 heavy (non-hydrogen) atoms. The van der Waals surface area contributed by atoms with Crippen LogP contribution in [0.4, 0.5) is 0 Å². The first-order chi connectivity index (χ1) is 35.5. The van der Waals surface area contributed by atoms with E-state index in [0.717, 1.165) is 116 Å². The molecule has 0 aromatic rings. The van der Waals surface area contributed by atoms with E-state index in [1.165, 1.54) is 77.0 Å². The minimum Gasteiger partial charge on any atom is -0.462 e. The Morgan fingerprint density at radius 3 is 1.16 bits per heavy atom. The minimum atomic E-state index is -4.39. The van der Waals surface area contributed by atoms with Crippen molar-refractivity contribution in [3.63, 3.8) is 0 Å². The molecule has 418 valence electrons. The van der Waals surface area contributed by atoms with Crippen molar-refractivity contribution in [3.8, 4) is 0 Å². The van der Waals surface area contributed by atoms with Crippen molar-refractivity contribution in [3.05, 3.63) is 109 Å². The van der Waals surface area contributed by atoms with Gasteiger partial charge in [-0.3, -0.25) is 18.6 Å². The molecule has 2 atom stereocenters. The lowest BCUT2D eigenvalue weighted by molar-refractivity contribution is -0.870. The molecular formula is C63H109NO8P+. The predicted octanol–water partition coefficient (Wildman–Crippen LogP) is 18.2. The highest BCUT2D eigenvalue weighted by molar-refractivity contribution is 7.47. The lowest BCUT2D eigenvalue weighted by Gasteiger charge is -2.24. The first-order valence-corrected chi connectivity index (χ1v) is 30.6. The molecule has 1 N–H and O–H groups in total. The van der Waals surface area contributed by atoms with Crippen LogP contribution in [0, 0.1) is 0 Å². The minimum absolute atomic E-state index is 0.0239. The van der Waals surface area contributed by atoms with Crippen molar-refractivity contribution < 1.29 is 42.1 Å². The van der Waals surface area contributed by atoms with E-state index in [1.54, 1.807) is 0 Å². The van der Waals surface area contributed by atoms with Gasteiger partial charge in [-0.2, -0.15) is 0 Å². The van der Waals surface area contributed by atoms with E-state index in [1.807, 2.05) is 21.1 Å². The molecule has 0 saturated heterocycles. The number of quaternary nitrogens is 1. The monoisotopic (exact) mass is 1040 g/mol. The summed E-state index contributed by atoms with van der Waals surface area (Å²) >= 11 is 0. The van der Waals surface area contributed by atoms with Crippen LogP contribution < -0.4 is 0 Å². The number of nitrogens with zero attached hydrogens (tertiary/aromatic N) is 1. The van der Waals surface area contributed by atoms with Crippen molar-refractivity contribution in [2.24, 2.45) is 0 Å². The number of carbonyl (C=O) groups is 2. The Hall–Kier alpha value is -3.33. The smallest absolute Gasteiger partial charge is 0.462 e. The third-order valence-electron chi connectivity index (χ3n) is 12.0. The Morgan fingerprint density at radius 2 is 0.781 bits per heavy atom. The maximum atomic E-state index is 12.8. The summed E-state index contributed by atoms with van der Waals surface area (Å²) < 4.78 is 34.5. The van der Waals surface area contributed by atoms with E-state index >= 15 is 0 Å². The molecule has 0 fully saturated rings. The molecule has 0 radical (unpaired) electrons. The summed E-state index contributed by atoms with van der Waals surface area (Å²) in [5, 5.41) is 0. The van der Waals surface area contributed by atoms with E-state index in [2.05, 4.69) is 123 Å². The summed E-state index contributed by atoms with van der Waals surface area (Å²) in [4.78, 5) is 35.6. The van der Waals surface area contributed by atoms with Gasteiger partial charge < -0.3 is 18.9 Å². The second kappa shape index (κ2) is 53.5. The topological polar surface area (TPSA) is 108 Å². The van der Waals surface area contributed by atoms with Gasteiger partial charge in [0.1, 0.15) is 19.8 Å². The SMILES string of the molecule is CC/C=C\C/C=C\C/C=C\C/C=C\C/C=C\C/C=C\C/C=C\CCCCCCCCCCCCCC(=O)OC(COC(=O)CCCCCCC/C=C\C/C=C\CCCCCC)COP(=O)(O)OCC[N+](C)(C)C. The number of ether oxygens (including phenoxy) is 2. The van der Waals surface area contributed by atoms with Crippen LogP contribution in [-0.2, 0) is 32.7 Å². The van der Waals surface area contributed by atoms with Gasteiger partial charge in [-0.1, -0.05) is 220 Å². The molecule has 0 amide bonds. The second-order valence-electron chi connectivity index (χ2n) is 20.3. The second-order valence-corrected chi connectivity index (χ2v) is 21.7. The molecule has 10 heteroatoms. The number of phosphoric acid groups is 1. The molecule has 0 aromatic heterocycles. The Morgan fingerprint density at radius 1 is 0.438 bits per heavy atom. The molecule has 0 bridgehead atoms. The van der Waals surface area contributed by atoms with E-state index < -0.39 is 26.5 Å². The molecule has 0 saturated carbocycles. The van der Waals surface area contributed by atoms with Crippen molar-refractivity contribution in [2.75, 3.05) is 47.5 Å². The highest BCUT2D eigenvalue weighted by Crippen LogP contribution is 2.43. The third kappa shape index (κ3) is 57.8. The first-order valence-electron chi connectivity index (χ1n) is 29.1. The van der Waals surface area contributed by atoms with Gasteiger partial charge in [0, 0.05) is 12.8 Å². The summed E-state index contributed by atoms with van der Waals surface area (Å²) in [5.41, 5.74) is 0. The summed E-state index contributed by atoms with van der Waals surface area (Å²) in [6.07, 6.45) is 74.4. The lowest BCUT2D eigenvalue weighted by Crippen LogP contribution is -2.37. The summed E-state index contributed by atoms with van der Waals surface area (Å²) in [6, 6.07) is 0. The van der Waals surface area contributed by atoms with Crippen LogP contribution in [0.5, 0.6) is 0 Å².